The first-order chi connectivity index (χ1) is 12.5. The molecule has 0 saturated heterocycles. The Balaban J connectivity index is 1.85. The Morgan fingerprint density at radius 1 is 1.00 bits per heavy atom. The van der Waals surface area contributed by atoms with Gasteiger partial charge in [-0.1, -0.05) is 47.5 Å². The number of H-pyrrole nitrogens is 1. The van der Waals surface area contributed by atoms with Gasteiger partial charge in [-0.15, -0.1) is 0 Å². The van der Waals surface area contributed by atoms with E-state index in [4.69, 9.17) is 28.2 Å². The minimum absolute atomic E-state index is 0.148. The number of aryl methyl sites for hydroxylation is 1. The standard InChI is InChI=1S/C20H15Cl2N3O/c1-12-17(10-13-2-6-15(21)7-3-13)20-23-18(11-19(26)25(20)24-12)14-4-8-16(22)9-5-14/h2-9,11,24H,10H2,1H3. The Kier molecular flexibility index (Phi) is 4.31. The van der Waals surface area contributed by atoms with Crippen LogP contribution in [0.1, 0.15) is 16.8 Å². The van der Waals surface area contributed by atoms with Crippen molar-refractivity contribution in [1.29, 1.82) is 0 Å². The second kappa shape index (κ2) is 6.63. The summed E-state index contributed by atoms with van der Waals surface area (Å²) in [5.74, 6) is 0. The highest BCUT2D eigenvalue weighted by molar-refractivity contribution is 6.30. The van der Waals surface area contributed by atoms with Crippen LogP contribution in [0, 0.1) is 6.92 Å². The van der Waals surface area contributed by atoms with E-state index in [1.165, 1.54) is 10.6 Å². The Morgan fingerprint density at radius 2 is 1.62 bits per heavy atom. The molecule has 0 unspecified atom stereocenters. The van der Waals surface area contributed by atoms with E-state index in [1.807, 2.05) is 43.3 Å². The zero-order valence-corrected chi connectivity index (χ0v) is 15.5. The second-order valence-electron chi connectivity index (χ2n) is 6.16. The average Bonchev–Trinajstić information content (AvgIpc) is 2.94. The summed E-state index contributed by atoms with van der Waals surface area (Å²) in [4.78, 5) is 17.3. The number of aromatic nitrogens is 3. The third-order valence-electron chi connectivity index (χ3n) is 4.35. The first kappa shape index (κ1) is 16.9. The molecule has 0 amide bonds. The molecule has 1 N–H and O–H groups in total. The van der Waals surface area contributed by atoms with E-state index in [9.17, 15) is 4.79 Å². The maximum atomic E-state index is 12.6. The summed E-state index contributed by atoms with van der Waals surface area (Å²) in [6.45, 7) is 1.95. The topological polar surface area (TPSA) is 50.2 Å². The number of halogens is 2. The van der Waals surface area contributed by atoms with Gasteiger partial charge in [0.2, 0.25) is 0 Å². The van der Waals surface area contributed by atoms with Crippen molar-refractivity contribution in [3.8, 4) is 11.3 Å². The van der Waals surface area contributed by atoms with E-state index in [2.05, 4.69) is 5.10 Å². The molecule has 0 radical (unpaired) electrons. The lowest BCUT2D eigenvalue weighted by molar-refractivity contribution is 0.882. The fourth-order valence-electron chi connectivity index (χ4n) is 2.98. The number of aromatic amines is 1. The third kappa shape index (κ3) is 3.14. The molecule has 4 rings (SSSR count). The monoisotopic (exact) mass is 383 g/mol. The van der Waals surface area contributed by atoms with Crippen molar-refractivity contribution in [3.05, 3.63) is 91.8 Å². The SMILES string of the molecule is Cc1[nH]n2c(=O)cc(-c3ccc(Cl)cc3)nc2c1Cc1ccc(Cl)cc1. The highest BCUT2D eigenvalue weighted by atomic mass is 35.5. The lowest BCUT2D eigenvalue weighted by atomic mass is 10.1. The van der Waals surface area contributed by atoms with Gasteiger partial charge in [0.05, 0.1) is 5.69 Å². The van der Waals surface area contributed by atoms with Gasteiger partial charge in [-0.05, 0) is 36.8 Å². The Hall–Kier alpha value is -2.56. The maximum Gasteiger partial charge on any atom is 0.273 e. The smallest absolute Gasteiger partial charge is 0.273 e. The number of benzene rings is 2. The van der Waals surface area contributed by atoms with E-state index in [0.29, 0.717) is 27.8 Å². The molecule has 0 aliphatic carbocycles. The largest absolute Gasteiger partial charge is 0.294 e. The number of nitrogens with zero attached hydrogens (tertiary/aromatic N) is 2. The van der Waals surface area contributed by atoms with Crippen LogP contribution in [0.2, 0.25) is 10.0 Å². The van der Waals surface area contributed by atoms with Crippen LogP contribution >= 0.6 is 23.2 Å². The van der Waals surface area contributed by atoms with Crippen molar-refractivity contribution in [2.75, 3.05) is 0 Å². The van der Waals surface area contributed by atoms with Crippen LogP contribution in [0.25, 0.3) is 16.9 Å². The summed E-state index contributed by atoms with van der Waals surface area (Å²) in [5.41, 5.74) is 4.97. The molecule has 0 saturated carbocycles. The lowest BCUT2D eigenvalue weighted by Gasteiger charge is -2.04. The molecule has 0 aliphatic rings. The van der Waals surface area contributed by atoms with Gasteiger partial charge in [0.1, 0.15) is 0 Å². The van der Waals surface area contributed by atoms with Crippen molar-refractivity contribution in [3.63, 3.8) is 0 Å². The minimum Gasteiger partial charge on any atom is -0.294 e. The van der Waals surface area contributed by atoms with Crippen molar-refractivity contribution in [2.45, 2.75) is 13.3 Å². The van der Waals surface area contributed by atoms with Crippen LogP contribution in [0.5, 0.6) is 0 Å². The second-order valence-corrected chi connectivity index (χ2v) is 7.04. The minimum atomic E-state index is -0.148. The number of nitrogens with one attached hydrogen (secondary N) is 1. The first-order valence-corrected chi connectivity index (χ1v) is 8.88. The van der Waals surface area contributed by atoms with E-state index in [-0.39, 0.29) is 5.56 Å². The third-order valence-corrected chi connectivity index (χ3v) is 4.86. The summed E-state index contributed by atoms with van der Waals surface area (Å²) in [7, 11) is 0. The number of fused-ring (bicyclic) bond motifs is 1. The molecule has 2 aromatic heterocycles. The molecular weight excluding hydrogens is 369 g/mol. The predicted molar refractivity (Wildman–Crippen MR) is 105 cm³/mol. The molecule has 0 fully saturated rings. The van der Waals surface area contributed by atoms with Gasteiger partial charge in [0.25, 0.3) is 5.56 Å². The van der Waals surface area contributed by atoms with Crippen LogP contribution in [0.3, 0.4) is 0 Å². The molecule has 6 heteroatoms. The van der Waals surface area contributed by atoms with Gasteiger partial charge in [-0.3, -0.25) is 9.89 Å². The fraction of sp³-hybridized carbons (Fsp3) is 0.100. The molecule has 0 aliphatic heterocycles. The van der Waals surface area contributed by atoms with Crippen LogP contribution in [0.15, 0.2) is 59.4 Å². The van der Waals surface area contributed by atoms with Crippen molar-refractivity contribution in [1.82, 2.24) is 14.6 Å². The van der Waals surface area contributed by atoms with E-state index >= 15 is 0 Å². The van der Waals surface area contributed by atoms with E-state index < -0.39 is 0 Å². The summed E-state index contributed by atoms with van der Waals surface area (Å²) in [5, 5.41) is 4.45. The normalized spacial score (nSPS) is 11.2. The summed E-state index contributed by atoms with van der Waals surface area (Å²) in [6.07, 6.45) is 0.659. The Morgan fingerprint density at radius 3 is 2.27 bits per heavy atom. The lowest BCUT2D eigenvalue weighted by Crippen LogP contribution is -2.14. The first-order valence-electron chi connectivity index (χ1n) is 8.13. The summed E-state index contributed by atoms with van der Waals surface area (Å²) >= 11 is 11.9. The van der Waals surface area contributed by atoms with Crippen LogP contribution in [-0.4, -0.2) is 14.6 Å². The molecular formula is C20H15Cl2N3O. The molecule has 130 valence electrons. The van der Waals surface area contributed by atoms with Gasteiger partial charge in [-0.25, -0.2) is 9.50 Å². The predicted octanol–water partition coefficient (Wildman–Crippen LogP) is 4.90. The Labute approximate surface area is 160 Å². The fourth-order valence-corrected chi connectivity index (χ4v) is 3.23. The number of hydrogen-bond donors (Lipinski definition) is 1. The van der Waals surface area contributed by atoms with Gasteiger partial charge in [0, 0.05) is 39.4 Å². The van der Waals surface area contributed by atoms with Crippen molar-refractivity contribution >= 4 is 28.8 Å². The summed E-state index contributed by atoms with van der Waals surface area (Å²) in [6, 6.07) is 16.5. The van der Waals surface area contributed by atoms with Crippen molar-refractivity contribution in [2.24, 2.45) is 0 Å². The zero-order chi connectivity index (χ0) is 18.3. The molecule has 0 bridgehead atoms. The molecule has 26 heavy (non-hydrogen) atoms. The highest BCUT2D eigenvalue weighted by Gasteiger charge is 2.14. The van der Waals surface area contributed by atoms with Gasteiger partial charge in [0.15, 0.2) is 5.65 Å². The summed E-state index contributed by atoms with van der Waals surface area (Å²) < 4.78 is 1.49. The molecule has 0 atom stereocenters. The number of rotatable bonds is 3. The molecule has 2 aromatic carbocycles. The molecule has 4 nitrogen and oxygen atoms in total. The average molecular weight is 384 g/mol. The molecule has 2 heterocycles. The van der Waals surface area contributed by atoms with Crippen LogP contribution < -0.4 is 5.56 Å². The van der Waals surface area contributed by atoms with Crippen LogP contribution in [0.4, 0.5) is 0 Å². The quantitative estimate of drug-likeness (QED) is 0.547. The van der Waals surface area contributed by atoms with Gasteiger partial charge in [-0.2, -0.15) is 0 Å². The number of hydrogen-bond acceptors (Lipinski definition) is 2. The maximum absolute atomic E-state index is 12.6. The molecule has 4 aromatic rings. The Bertz CT molecular complexity index is 1140. The highest BCUT2D eigenvalue weighted by Crippen LogP contribution is 2.23. The van der Waals surface area contributed by atoms with Crippen molar-refractivity contribution < 1.29 is 0 Å². The van der Waals surface area contributed by atoms with Gasteiger partial charge >= 0.3 is 0 Å². The zero-order valence-electron chi connectivity index (χ0n) is 14.0. The van der Waals surface area contributed by atoms with Crippen LogP contribution in [-0.2, 0) is 6.42 Å². The van der Waals surface area contributed by atoms with Gasteiger partial charge < -0.3 is 0 Å². The van der Waals surface area contributed by atoms with E-state index in [0.717, 1.165) is 22.4 Å². The molecule has 0 spiro atoms. The van der Waals surface area contributed by atoms with E-state index in [1.54, 1.807) is 12.1 Å².